The number of carbonyl (C=O) groups is 3. The van der Waals surface area contributed by atoms with Gasteiger partial charge in [-0.1, -0.05) is 6.92 Å². The molecule has 0 unspecified atom stereocenters. The van der Waals surface area contributed by atoms with E-state index in [9.17, 15) is 19.5 Å². The van der Waals surface area contributed by atoms with Crippen LogP contribution in [0.3, 0.4) is 0 Å². The Morgan fingerprint density at radius 1 is 1.10 bits per heavy atom. The van der Waals surface area contributed by atoms with Crippen molar-refractivity contribution in [2.75, 3.05) is 38.7 Å². The molecular weight excluding hydrogens is 526 g/mol. The highest BCUT2D eigenvalue weighted by Crippen LogP contribution is 2.28. The molecule has 1 heterocycles. The monoisotopic (exact) mass is 577 g/mol. The van der Waals surface area contributed by atoms with Crippen LogP contribution in [0.25, 0.3) is 0 Å². The van der Waals surface area contributed by atoms with Crippen molar-refractivity contribution < 1.29 is 29.0 Å². The van der Waals surface area contributed by atoms with Crippen molar-refractivity contribution in [3.8, 4) is 5.75 Å². The number of fused-ring (bicyclic) bond motifs is 1. The molecule has 0 spiro atoms. The Kier molecular flexibility index (Phi) is 13.7. The lowest BCUT2D eigenvalue weighted by molar-refractivity contribution is -0.0122. The van der Waals surface area contributed by atoms with Gasteiger partial charge in [-0.2, -0.15) is 0 Å². The summed E-state index contributed by atoms with van der Waals surface area (Å²) in [5, 5.41) is 18.6. The molecule has 0 fully saturated rings. The van der Waals surface area contributed by atoms with Crippen LogP contribution in [-0.4, -0.2) is 96.6 Å². The van der Waals surface area contributed by atoms with Crippen LogP contribution >= 0.6 is 0 Å². The zero-order chi connectivity index (χ0) is 30.7. The molecule has 1 aromatic carbocycles. The van der Waals surface area contributed by atoms with E-state index in [1.807, 2.05) is 41.5 Å². The number of anilines is 1. The average molecular weight is 578 g/mol. The Balaban J connectivity index is 2.44. The standard InChI is InChI=1S/C30H51N5O6/c1-19(2)31-29(38)33-24-12-13-26-25(15-24)28(37)35(22(6)18-36)16-21(5)27(17-34(8)30(39)32-20(3)4)40-14-10-9-11-23(7)41-26/h12-13,15,19-23,27,36H,9-11,14,16-18H2,1-8H3,(H,32,39)(H2,31,33,38)/t21-,22-,23-,27-/m1/s1. The van der Waals surface area contributed by atoms with E-state index in [4.69, 9.17) is 9.47 Å². The Hall–Kier alpha value is -3.05. The van der Waals surface area contributed by atoms with Crippen LogP contribution in [0.5, 0.6) is 5.75 Å². The van der Waals surface area contributed by atoms with E-state index in [0.717, 1.165) is 19.3 Å². The summed E-state index contributed by atoms with van der Waals surface area (Å²) in [5.74, 6) is -0.0584. The smallest absolute Gasteiger partial charge is 0.319 e. The van der Waals surface area contributed by atoms with E-state index in [0.29, 0.717) is 30.2 Å². The molecule has 0 saturated carbocycles. The molecule has 41 heavy (non-hydrogen) atoms. The molecule has 0 bridgehead atoms. The minimum Gasteiger partial charge on any atom is -0.490 e. The maximum absolute atomic E-state index is 14.1. The van der Waals surface area contributed by atoms with E-state index in [1.54, 1.807) is 42.0 Å². The predicted octanol–water partition coefficient (Wildman–Crippen LogP) is 4.06. The Labute approximate surface area is 245 Å². The van der Waals surface area contributed by atoms with Gasteiger partial charge in [0, 0.05) is 50.4 Å². The summed E-state index contributed by atoms with van der Waals surface area (Å²) in [4.78, 5) is 42.3. The highest BCUT2D eigenvalue weighted by molar-refractivity contribution is 5.99. The van der Waals surface area contributed by atoms with Crippen molar-refractivity contribution in [3.63, 3.8) is 0 Å². The molecule has 5 amide bonds. The quantitative estimate of drug-likeness (QED) is 0.386. The molecule has 11 heteroatoms. The third kappa shape index (κ3) is 11.0. The zero-order valence-corrected chi connectivity index (χ0v) is 26.0. The Morgan fingerprint density at radius 2 is 1.78 bits per heavy atom. The van der Waals surface area contributed by atoms with E-state index in [-0.39, 0.29) is 61.3 Å². The first-order valence-corrected chi connectivity index (χ1v) is 14.8. The molecule has 4 atom stereocenters. The van der Waals surface area contributed by atoms with Gasteiger partial charge in [-0.15, -0.1) is 0 Å². The van der Waals surface area contributed by atoms with Gasteiger partial charge in [0.2, 0.25) is 0 Å². The number of carbonyl (C=O) groups excluding carboxylic acids is 3. The Morgan fingerprint density at radius 3 is 2.41 bits per heavy atom. The molecule has 0 radical (unpaired) electrons. The predicted molar refractivity (Wildman–Crippen MR) is 160 cm³/mol. The first-order chi connectivity index (χ1) is 19.3. The summed E-state index contributed by atoms with van der Waals surface area (Å²) >= 11 is 0. The largest absolute Gasteiger partial charge is 0.490 e. The number of ether oxygens (including phenoxy) is 2. The van der Waals surface area contributed by atoms with E-state index >= 15 is 0 Å². The highest BCUT2D eigenvalue weighted by atomic mass is 16.5. The molecule has 1 aliphatic rings. The molecule has 0 aliphatic carbocycles. The number of likely N-dealkylation sites (N-methyl/N-ethyl adjacent to an activating group) is 1. The molecule has 2 rings (SSSR count). The maximum Gasteiger partial charge on any atom is 0.319 e. The number of nitrogens with zero attached hydrogens (tertiary/aromatic N) is 2. The number of benzene rings is 1. The van der Waals surface area contributed by atoms with Crippen molar-refractivity contribution >= 4 is 23.7 Å². The van der Waals surface area contributed by atoms with E-state index in [2.05, 4.69) is 16.0 Å². The molecular formula is C30H51N5O6. The third-order valence-corrected chi connectivity index (χ3v) is 6.94. The SMILES string of the molecule is CC(C)NC(=O)Nc1ccc2c(c1)C(=O)N([C@H](C)CO)C[C@@H](C)[C@@H](CN(C)C(=O)NC(C)C)OCCCC[C@@H](C)O2. The van der Waals surface area contributed by atoms with Crippen molar-refractivity contribution in [1.82, 2.24) is 20.4 Å². The average Bonchev–Trinajstić information content (AvgIpc) is 2.89. The molecule has 0 saturated heterocycles. The first-order valence-electron chi connectivity index (χ1n) is 14.8. The van der Waals surface area contributed by atoms with Crippen LogP contribution in [0.15, 0.2) is 18.2 Å². The fourth-order valence-corrected chi connectivity index (χ4v) is 4.60. The summed E-state index contributed by atoms with van der Waals surface area (Å²) in [6.07, 6.45) is 1.98. The molecule has 11 nitrogen and oxygen atoms in total. The van der Waals surface area contributed by atoms with Crippen molar-refractivity contribution in [2.45, 2.75) is 98.1 Å². The number of amides is 5. The number of aliphatic hydroxyl groups is 1. The Bertz CT molecular complexity index is 1000. The van der Waals surface area contributed by atoms with Gasteiger partial charge in [-0.3, -0.25) is 4.79 Å². The lowest BCUT2D eigenvalue weighted by atomic mass is 10.0. The topological polar surface area (TPSA) is 132 Å². The van der Waals surface area contributed by atoms with Crippen LogP contribution < -0.4 is 20.7 Å². The van der Waals surface area contributed by atoms with Crippen LogP contribution in [0, 0.1) is 5.92 Å². The molecule has 232 valence electrons. The van der Waals surface area contributed by atoms with Gasteiger partial charge in [0.15, 0.2) is 0 Å². The number of nitrogens with one attached hydrogen (secondary N) is 3. The van der Waals surface area contributed by atoms with E-state index in [1.165, 1.54) is 0 Å². The highest BCUT2D eigenvalue weighted by Gasteiger charge is 2.31. The lowest BCUT2D eigenvalue weighted by Gasteiger charge is -2.36. The second kappa shape index (κ2) is 16.4. The minimum absolute atomic E-state index is 0.00547. The normalized spacial score (nSPS) is 21.4. The maximum atomic E-state index is 14.1. The number of aliphatic hydroxyl groups excluding tert-OH is 1. The van der Waals surface area contributed by atoms with Crippen molar-refractivity contribution in [1.29, 1.82) is 0 Å². The lowest BCUT2D eigenvalue weighted by Crippen LogP contribution is -2.49. The van der Waals surface area contributed by atoms with Crippen molar-refractivity contribution in [2.24, 2.45) is 5.92 Å². The van der Waals surface area contributed by atoms with Crippen LogP contribution in [0.4, 0.5) is 15.3 Å². The van der Waals surface area contributed by atoms with Crippen LogP contribution in [0.1, 0.15) is 78.1 Å². The molecule has 4 N–H and O–H groups in total. The van der Waals surface area contributed by atoms with Gasteiger partial charge in [0.25, 0.3) is 5.91 Å². The van der Waals surface area contributed by atoms with Gasteiger partial charge >= 0.3 is 12.1 Å². The number of hydrogen-bond donors (Lipinski definition) is 4. The molecule has 1 aliphatic heterocycles. The number of rotatable bonds is 7. The second-order valence-electron chi connectivity index (χ2n) is 11.7. The fourth-order valence-electron chi connectivity index (χ4n) is 4.60. The fraction of sp³-hybridized carbons (Fsp3) is 0.700. The summed E-state index contributed by atoms with van der Waals surface area (Å²) in [6.45, 7) is 14.2. The second-order valence-corrected chi connectivity index (χ2v) is 11.7. The number of urea groups is 2. The summed E-state index contributed by atoms with van der Waals surface area (Å²) in [6, 6.07) is 3.95. The van der Waals surface area contributed by atoms with Gasteiger partial charge in [-0.05, 0) is 79.0 Å². The summed E-state index contributed by atoms with van der Waals surface area (Å²) in [5.41, 5.74) is 0.755. The van der Waals surface area contributed by atoms with Crippen molar-refractivity contribution in [3.05, 3.63) is 23.8 Å². The van der Waals surface area contributed by atoms with Gasteiger partial charge in [0.1, 0.15) is 5.75 Å². The van der Waals surface area contributed by atoms with Gasteiger partial charge in [-0.25, -0.2) is 9.59 Å². The zero-order valence-electron chi connectivity index (χ0n) is 26.0. The summed E-state index contributed by atoms with van der Waals surface area (Å²) in [7, 11) is 1.73. The molecule has 1 aromatic rings. The number of hydrogen-bond acceptors (Lipinski definition) is 6. The first kappa shape index (κ1) is 34.2. The molecule has 0 aromatic heterocycles. The van der Waals surface area contributed by atoms with E-state index < -0.39 is 6.04 Å². The third-order valence-electron chi connectivity index (χ3n) is 6.94. The van der Waals surface area contributed by atoms with Gasteiger partial charge in [0.05, 0.1) is 30.4 Å². The van der Waals surface area contributed by atoms with Gasteiger partial charge < -0.3 is 40.3 Å². The minimum atomic E-state index is -0.494. The van der Waals surface area contributed by atoms with Crippen LogP contribution in [-0.2, 0) is 4.74 Å². The van der Waals surface area contributed by atoms with Crippen LogP contribution in [0.2, 0.25) is 0 Å². The summed E-state index contributed by atoms with van der Waals surface area (Å²) < 4.78 is 12.5.